The van der Waals surface area contributed by atoms with E-state index in [4.69, 9.17) is 15.9 Å². The molecule has 1 aliphatic rings. The summed E-state index contributed by atoms with van der Waals surface area (Å²) in [5, 5.41) is -0.254. The van der Waals surface area contributed by atoms with Gasteiger partial charge >= 0.3 is 0 Å². The van der Waals surface area contributed by atoms with Crippen molar-refractivity contribution in [3.8, 4) is 23.8 Å². The van der Waals surface area contributed by atoms with Crippen LogP contribution in [0.4, 0.5) is 4.79 Å². The first kappa shape index (κ1) is 22.2. The molecule has 0 aromatic heterocycles. The number of ether oxygens (including phenoxy) is 2. The topological polar surface area (TPSA) is 55.8 Å². The molecule has 0 N–H and O–H groups in total. The summed E-state index contributed by atoms with van der Waals surface area (Å²) in [7, 11) is 0. The second-order valence-electron chi connectivity index (χ2n) is 6.32. The Balaban J connectivity index is 1.80. The molecule has 2 aromatic carbocycles. The highest BCUT2D eigenvalue weighted by Crippen LogP contribution is 2.37. The third kappa shape index (κ3) is 5.37. The molecule has 2 amide bonds. The Labute approximate surface area is 194 Å². The first-order valence-corrected chi connectivity index (χ1v) is 11.2. The summed E-state index contributed by atoms with van der Waals surface area (Å²) in [5.74, 6) is 3.29. The van der Waals surface area contributed by atoms with Gasteiger partial charge in [0.25, 0.3) is 11.1 Å². The highest BCUT2D eigenvalue weighted by molar-refractivity contribution is 14.1. The molecule has 0 unspecified atom stereocenters. The number of amides is 2. The van der Waals surface area contributed by atoms with Crippen LogP contribution in [0.2, 0.25) is 0 Å². The first-order valence-electron chi connectivity index (χ1n) is 9.35. The molecule has 7 heteroatoms. The van der Waals surface area contributed by atoms with Crippen LogP contribution in [0.3, 0.4) is 0 Å². The smallest absolute Gasteiger partial charge is 0.293 e. The van der Waals surface area contributed by atoms with Crippen molar-refractivity contribution in [1.29, 1.82) is 0 Å². The van der Waals surface area contributed by atoms with Gasteiger partial charge in [-0.1, -0.05) is 36.3 Å². The average Bonchev–Trinajstić information content (AvgIpc) is 2.99. The molecule has 0 bridgehead atoms. The molecule has 0 aliphatic carbocycles. The maximum Gasteiger partial charge on any atom is 0.293 e. The normalized spacial score (nSPS) is 14.8. The zero-order chi connectivity index (χ0) is 21.5. The number of hydrogen-bond donors (Lipinski definition) is 0. The molecule has 154 valence electrons. The summed E-state index contributed by atoms with van der Waals surface area (Å²) in [6, 6.07) is 13.4. The molecular weight excluding hydrogens is 513 g/mol. The fraction of sp³-hybridized carbons (Fsp3) is 0.217. The molecule has 1 heterocycles. The molecule has 0 saturated carbocycles. The maximum absolute atomic E-state index is 12.8. The Morgan fingerprint density at radius 1 is 1.20 bits per heavy atom. The van der Waals surface area contributed by atoms with E-state index in [1.54, 1.807) is 12.1 Å². The van der Waals surface area contributed by atoms with Gasteiger partial charge in [-0.15, -0.1) is 6.42 Å². The van der Waals surface area contributed by atoms with Crippen LogP contribution in [0.15, 0.2) is 47.4 Å². The van der Waals surface area contributed by atoms with E-state index in [0.717, 1.165) is 26.5 Å². The highest BCUT2D eigenvalue weighted by atomic mass is 127. The zero-order valence-electron chi connectivity index (χ0n) is 16.4. The van der Waals surface area contributed by atoms with Crippen LogP contribution in [-0.4, -0.2) is 35.8 Å². The number of terminal acetylenes is 1. The van der Waals surface area contributed by atoms with Gasteiger partial charge in [0, 0.05) is 6.54 Å². The van der Waals surface area contributed by atoms with E-state index in [0.29, 0.717) is 36.0 Å². The van der Waals surface area contributed by atoms with Crippen LogP contribution in [0.25, 0.3) is 6.08 Å². The monoisotopic (exact) mass is 533 g/mol. The van der Waals surface area contributed by atoms with Crippen LogP contribution in [0, 0.1) is 15.9 Å². The van der Waals surface area contributed by atoms with Gasteiger partial charge in [-0.2, -0.15) is 0 Å². The Bertz CT molecular complexity index is 1010. The van der Waals surface area contributed by atoms with Crippen molar-refractivity contribution >= 4 is 51.6 Å². The molecule has 0 radical (unpaired) electrons. The Kier molecular flexibility index (Phi) is 7.82. The molecule has 1 fully saturated rings. The lowest BCUT2D eigenvalue weighted by molar-refractivity contribution is -0.122. The number of nitrogens with zero attached hydrogens (tertiary/aromatic N) is 1. The number of imide groups is 1. The van der Waals surface area contributed by atoms with Gasteiger partial charge in [0.2, 0.25) is 0 Å². The van der Waals surface area contributed by atoms with E-state index < -0.39 is 0 Å². The second kappa shape index (κ2) is 10.5. The van der Waals surface area contributed by atoms with Crippen molar-refractivity contribution in [1.82, 2.24) is 4.90 Å². The van der Waals surface area contributed by atoms with Gasteiger partial charge in [-0.05, 0) is 77.0 Å². The molecular formula is C23H20INO4S. The van der Waals surface area contributed by atoms with Gasteiger partial charge in [-0.3, -0.25) is 14.5 Å². The largest absolute Gasteiger partial charge is 0.490 e. The number of hydrogen-bond acceptors (Lipinski definition) is 5. The highest BCUT2D eigenvalue weighted by Gasteiger charge is 2.34. The Morgan fingerprint density at radius 3 is 2.67 bits per heavy atom. The van der Waals surface area contributed by atoms with Crippen molar-refractivity contribution in [2.45, 2.75) is 13.3 Å². The summed E-state index contributed by atoms with van der Waals surface area (Å²) in [5.41, 5.74) is 1.84. The zero-order valence-corrected chi connectivity index (χ0v) is 19.4. The van der Waals surface area contributed by atoms with Crippen LogP contribution >= 0.6 is 34.4 Å². The van der Waals surface area contributed by atoms with Crippen LogP contribution in [0.1, 0.15) is 18.1 Å². The lowest BCUT2D eigenvalue weighted by Crippen LogP contribution is -2.30. The van der Waals surface area contributed by atoms with Crippen molar-refractivity contribution < 1.29 is 19.1 Å². The molecule has 2 aromatic rings. The molecule has 0 spiro atoms. The summed E-state index contributed by atoms with van der Waals surface area (Å²) in [6.45, 7) is 2.83. The minimum atomic E-state index is -0.276. The Hall–Kier alpha value is -2.44. The van der Waals surface area contributed by atoms with E-state index in [1.807, 2.05) is 43.3 Å². The van der Waals surface area contributed by atoms with Crippen molar-refractivity contribution in [3.05, 3.63) is 62.1 Å². The average molecular weight is 533 g/mol. The number of rotatable bonds is 8. The number of halogens is 1. The van der Waals surface area contributed by atoms with E-state index in [2.05, 4.69) is 28.5 Å². The van der Waals surface area contributed by atoms with Gasteiger partial charge in [0.1, 0.15) is 6.61 Å². The molecule has 3 rings (SSSR count). The van der Waals surface area contributed by atoms with Crippen molar-refractivity contribution in [2.75, 3.05) is 19.8 Å². The first-order chi connectivity index (χ1) is 14.5. The van der Waals surface area contributed by atoms with Crippen LogP contribution in [0.5, 0.6) is 11.5 Å². The standard InChI is InChI=1S/C23H20INO4S/c1-3-12-29-21-18(24)13-17(14-19(21)28-4-2)15-20-22(26)25(23(27)30-20)11-10-16-8-6-5-7-9-16/h1,5-9,13-15H,4,10-12H2,2H3/b20-15-. The van der Waals surface area contributed by atoms with Gasteiger partial charge < -0.3 is 9.47 Å². The maximum atomic E-state index is 12.8. The van der Waals surface area contributed by atoms with E-state index in [9.17, 15) is 9.59 Å². The number of carbonyl (C=O) groups is 2. The number of carbonyl (C=O) groups excluding carboxylic acids is 2. The number of benzene rings is 2. The van der Waals surface area contributed by atoms with Crippen molar-refractivity contribution in [3.63, 3.8) is 0 Å². The van der Waals surface area contributed by atoms with E-state index >= 15 is 0 Å². The molecule has 30 heavy (non-hydrogen) atoms. The van der Waals surface area contributed by atoms with Crippen LogP contribution in [-0.2, 0) is 11.2 Å². The molecule has 0 atom stereocenters. The summed E-state index contributed by atoms with van der Waals surface area (Å²) < 4.78 is 12.1. The fourth-order valence-corrected chi connectivity index (χ4v) is 4.56. The molecule has 5 nitrogen and oxygen atoms in total. The molecule has 1 saturated heterocycles. The van der Waals surface area contributed by atoms with E-state index in [1.165, 1.54) is 4.90 Å². The predicted molar refractivity (Wildman–Crippen MR) is 127 cm³/mol. The lowest BCUT2D eigenvalue weighted by Gasteiger charge is -2.13. The summed E-state index contributed by atoms with van der Waals surface area (Å²) in [6.07, 6.45) is 7.62. The summed E-state index contributed by atoms with van der Waals surface area (Å²) >= 11 is 3.09. The minimum Gasteiger partial charge on any atom is -0.490 e. The van der Waals surface area contributed by atoms with Gasteiger partial charge in [0.05, 0.1) is 15.1 Å². The Morgan fingerprint density at radius 2 is 1.97 bits per heavy atom. The van der Waals surface area contributed by atoms with Crippen molar-refractivity contribution in [2.24, 2.45) is 0 Å². The second-order valence-corrected chi connectivity index (χ2v) is 8.48. The molecule has 1 aliphatic heterocycles. The van der Waals surface area contributed by atoms with Gasteiger partial charge in [0.15, 0.2) is 11.5 Å². The fourth-order valence-electron chi connectivity index (χ4n) is 2.92. The lowest BCUT2D eigenvalue weighted by atomic mass is 10.1. The third-order valence-electron chi connectivity index (χ3n) is 4.27. The summed E-state index contributed by atoms with van der Waals surface area (Å²) in [4.78, 5) is 26.8. The quantitative estimate of drug-likeness (QED) is 0.272. The third-order valence-corrected chi connectivity index (χ3v) is 5.98. The van der Waals surface area contributed by atoms with Crippen LogP contribution < -0.4 is 9.47 Å². The minimum absolute atomic E-state index is 0.135. The van der Waals surface area contributed by atoms with E-state index in [-0.39, 0.29) is 17.8 Å². The number of thioether (sulfide) groups is 1. The predicted octanol–water partition coefficient (Wildman–Crippen LogP) is 4.98. The SMILES string of the molecule is C#CCOc1c(I)cc(/C=C2\SC(=O)N(CCc3ccccc3)C2=O)cc1OCC. The van der Waals surface area contributed by atoms with Gasteiger partial charge in [-0.25, -0.2) is 0 Å².